The van der Waals surface area contributed by atoms with Crippen LogP contribution in [0.3, 0.4) is 0 Å². The lowest BCUT2D eigenvalue weighted by molar-refractivity contribution is 0.958. The van der Waals surface area contributed by atoms with Crippen LogP contribution in [0.5, 0.6) is 0 Å². The lowest BCUT2D eigenvalue weighted by Gasteiger charge is -2.15. The molecule has 0 spiro atoms. The second-order valence-electron chi connectivity index (χ2n) is 5.31. The SMILES string of the molecule is Cc1ccn2ncc(Nc3ncc(C)c(N(C)C)n3)c2c1. The van der Waals surface area contributed by atoms with Crippen molar-refractivity contribution in [1.82, 2.24) is 19.6 Å². The summed E-state index contributed by atoms with van der Waals surface area (Å²) in [5, 5.41) is 7.56. The van der Waals surface area contributed by atoms with Crippen molar-refractivity contribution < 1.29 is 0 Å². The highest BCUT2D eigenvalue weighted by Gasteiger charge is 2.09. The van der Waals surface area contributed by atoms with Gasteiger partial charge in [0.15, 0.2) is 0 Å². The maximum absolute atomic E-state index is 4.54. The summed E-state index contributed by atoms with van der Waals surface area (Å²) in [7, 11) is 3.94. The molecule has 6 nitrogen and oxygen atoms in total. The summed E-state index contributed by atoms with van der Waals surface area (Å²) in [6, 6.07) is 4.10. The Labute approximate surface area is 123 Å². The van der Waals surface area contributed by atoms with Crippen LogP contribution in [0.4, 0.5) is 17.5 Å². The monoisotopic (exact) mass is 282 g/mol. The number of aryl methyl sites for hydroxylation is 2. The first-order valence-electron chi connectivity index (χ1n) is 6.76. The minimum absolute atomic E-state index is 0.570. The maximum Gasteiger partial charge on any atom is 0.229 e. The topological polar surface area (TPSA) is 58.4 Å². The summed E-state index contributed by atoms with van der Waals surface area (Å²) in [6.07, 6.45) is 5.55. The van der Waals surface area contributed by atoms with E-state index in [0.29, 0.717) is 5.95 Å². The Morgan fingerprint density at radius 3 is 2.76 bits per heavy atom. The molecule has 0 aliphatic carbocycles. The van der Waals surface area contributed by atoms with Gasteiger partial charge in [0, 0.05) is 32.1 Å². The average Bonchev–Trinajstić information content (AvgIpc) is 2.83. The molecule has 0 aromatic carbocycles. The Morgan fingerprint density at radius 2 is 2.00 bits per heavy atom. The fourth-order valence-corrected chi connectivity index (χ4v) is 2.25. The molecule has 1 N–H and O–H groups in total. The summed E-state index contributed by atoms with van der Waals surface area (Å²) in [5.41, 5.74) is 4.13. The highest BCUT2D eigenvalue weighted by molar-refractivity contribution is 5.75. The molecule has 108 valence electrons. The van der Waals surface area contributed by atoms with E-state index < -0.39 is 0 Å². The maximum atomic E-state index is 4.54. The van der Waals surface area contributed by atoms with Crippen LogP contribution in [0.2, 0.25) is 0 Å². The van der Waals surface area contributed by atoms with Gasteiger partial charge in [0.2, 0.25) is 5.95 Å². The normalized spacial score (nSPS) is 10.9. The molecule has 0 unspecified atom stereocenters. The Bertz CT molecular complexity index is 790. The fourth-order valence-electron chi connectivity index (χ4n) is 2.25. The van der Waals surface area contributed by atoms with Gasteiger partial charge >= 0.3 is 0 Å². The summed E-state index contributed by atoms with van der Waals surface area (Å²) >= 11 is 0. The third kappa shape index (κ3) is 2.52. The van der Waals surface area contributed by atoms with Crippen molar-refractivity contribution in [2.45, 2.75) is 13.8 Å². The fraction of sp³-hybridized carbons (Fsp3) is 0.267. The molecule has 3 heterocycles. The van der Waals surface area contributed by atoms with E-state index in [9.17, 15) is 0 Å². The Morgan fingerprint density at radius 1 is 1.19 bits per heavy atom. The Hall–Kier alpha value is -2.63. The van der Waals surface area contributed by atoms with Crippen molar-refractivity contribution >= 4 is 23.0 Å². The number of rotatable bonds is 3. The van der Waals surface area contributed by atoms with Crippen LogP contribution < -0.4 is 10.2 Å². The van der Waals surface area contributed by atoms with E-state index in [1.165, 1.54) is 5.56 Å². The van der Waals surface area contributed by atoms with E-state index in [0.717, 1.165) is 22.6 Å². The van der Waals surface area contributed by atoms with Gasteiger partial charge in [0.05, 0.1) is 17.4 Å². The van der Waals surface area contributed by atoms with E-state index in [-0.39, 0.29) is 0 Å². The predicted octanol–water partition coefficient (Wildman–Crippen LogP) is 2.55. The standard InChI is InChI=1S/C15H18N6/c1-10-5-6-21-13(7-10)12(9-17-21)18-15-16-8-11(2)14(19-15)20(3)4/h5-9H,1-4H3,(H,16,18,19). The number of fused-ring (bicyclic) bond motifs is 1. The second kappa shape index (κ2) is 5.05. The van der Waals surface area contributed by atoms with Crippen molar-refractivity contribution in [3.8, 4) is 0 Å². The number of hydrogen-bond acceptors (Lipinski definition) is 5. The zero-order valence-electron chi connectivity index (χ0n) is 12.6. The van der Waals surface area contributed by atoms with Crippen LogP contribution in [-0.4, -0.2) is 33.7 Å². The van der Waals surface area contributed by atoms with Gasteiger partial charge in [0.1, 0.15) is 5.82 Å². The molecule has 0 saturated heterocycles. The minimum atomic E-state index is 0.570. The highest BCUT2D eigenvalue weighted by Crippen LogP contribution is 2.22. The highest BCUT2D eigenvalue weighted by atomic mass is 15.2. The average molecular weight is 282 g/mol. The molecular weight excluding hydrogens is 264 g/mol. The largest absolute Gasteiger partial charge is 0.362 e. The van der Waals surface area contributed by atoms with Crippen molar-refractivity contribution in [3.05, 3.63) is 41.9 Å². The van der Waals surface area contributed by atoms with Gasteiger partial charge in [-0.1, -0.05) is 0 Å². The van der Waals surface area contributed by atoms with Crippen LogP contribution in [-0.2, 0) is 0 Å². The van der Waals surface area contributed by atoms with Gasteiger partial charge in [-0.05, 0) is 31.5 Å². The van der Waals surface area contributed by atoms with Crippen LogP contribution in [0.15, 0.2) is 30.7 Å². The van der Waals surface area contributed by atoms with Crippen molar-refractivity contribution in [2.24, 2.45) is 0 Å². The van der Waals surface area contributed by atoms with Gasteiger partial charge in [-0.15, -0.1) is 0 Å². The molecule has 3 aromatic heterocycles. The number of nitrogens with one attached hydrogen (secondary N) is 1. The molecule has 6 heteroatoms. The molecule has 3 aromatic rings. The van der Waals surface area contributed by atoms with Gasteiger partial charge in [-0.3, -0.25) is 0 Å². The third-order valence-electron chi connectivity index (χ3n) is 3.29. The minimum Gasteiger partial charge on any atom is -0.362 e. The van der Waals surface area contributed by atoms with E-state index in [1.54, 1.807) is 6.20 Å². The third-order valence-corrected chi connectivity index (χ3v) is 3.29. The molecular formula is C15H18N6. The lowest BCUT2D eigenvalue weighted by Crippen LogP contribution is -2.13. The molecule has 0 radical (unpaired) electrons. The summed E-state index contributed by atoms with van der Waals surface area (Å²) in [4.78, 5) is 10.9. The van der Waals surface area contributed by atoms with Crippen molar-refractivity contribution in [1.29, 1.82) is 0 Å². The number of anilines is 3. The predicted molar refractivity (Wildman–Crippen MR) is 84.3 cm³/mol. The van der Waals surface area contributed by atoms with Crippen LogP contribution >= 0.6 is 0 Å². The molecule has 0 amide bonds. The van der Waals surface area contributed by atoms with Crippen molar-refractivity contribution in [3.63, 3.8) is 0 Å². The van der Waals surface area contributed by atoms with Gasteiger partial charge in [-0.25, -0.2) is 9.50 Å². The number of aromatic nitrogens is 4. The summed E-state index contributed by atoms with van der Waals surface area (Å²) in [6.45, 7) is 4.06. The van der Waals surface area contributed by atoms with Gasteiger partial charge in [-0.2, -0.15) is 10.1 Å². The lowest BCUT2D eigenvalue weighted by atomic mass is 10.2. The second-order valence-corrected chi connectivity index (χ2v) is 5.31. The zero-order chi connectivity index (χ0) is 15.0. The van der Waals surface area contributed by atoms with Gasteiger partial charge < -0.3 is 10.2 Å². The Kier molecular flexibility index (Phi) is 3.21. The van der Waals surface area contributed by atoms with Crippen LogP contribution in [0.25, 0.3) is 5.52 Å². The first-order chi connectivity index (χ1) is 10.0. The van der Waals surface area contributed by atoms with E-state index in [2.05, 4.69) is 33.4 Å². The Balaban J connectivity index is 1.99. The van der Waals surface area contributed by atoms with Crippen LogP contribution in [0.1, 0.15) is 11.1 Å². The van der Waals surface area contributed by atoms with Crippen molar-refractivity contribution in [2.75, 3.05) is 24.3 Å². The molecule has 0 saturated carbocycles. The molecule has 0 atom stereocenters. The van der Waals surface area contributed by atoms with E-state index >= 15 is 0 Å². The summed E-state index contributed by atoms with van der Waals surface area (Å²) < 4.78 is 1.83. The quantitative estimate of drug-likeness (QED) is 0.800. The molecule has 3 rings (SSSR count). The zero-order valence-corrected chi connectivity index (χ0v) is 12.6. The number of hydrogen-bond donors (Lipinski definition) is 1. The van der Waals surface area contributed by atoms with E-state index in [4.69, 9.17) is 0 Å². The molecule has 0 aliphatic rings. The van der Waals surface area contributed by atoms with Gasteiger partial charge in [0.25, 0.3) is 0 Å². The van der Waals surface area contributed by atoms with Crippen LogP contribution in [0, 0.1) is 13.8 Å². The molecule has 0 fully saturated rings. The number of pyridine rings is 1. The number of nitrogens with zero attached hydrogens (tertiary/aromatic N) is 5. The van der Waals surface area contributed by atoms with E-state index in [1.807, 2.05) is 48.9 Å². The molecule has 0 aliphatic heterocycles. The molecule has 21 heavy (non-hydrogen) atoms. The first-order valence-corrected chi connectivity index (χ1v) is 6.76. The summed E-state index contributed by atoms with van der Waals surface area (Å²) in [5.74, 6) is 1.47. The molecule has 0 bridgehead atoms. The first kappa shape index (κ1) is 13.4. The smallest absolute Gasteiger partial charge is 0.229 e.